The summed E-state index contributed by atoms with van der Waals surface area (Å²) in [6.45, 7) is 4.29. The Morgan fingerprint density at radius 1 is 1.10 bits per heavy atom. The van der Waals surface area contributed by atoms with Crippen molar-refractivity contribution in [1.82, 2.24) is 9.55 Å². The number of aromatic nitrogens is 2. The van der Waals surface area contributed by atoms with Crippen LogP contribution in [-0.4, -0.2) is 15.3 Å². The minimum absolute atomic E-state index is 0.00619. The predicted octanol–water partition coefficient (Wildman–Crippen LogP) is 3.60. The number of rotatable bonds is 3. The van der Waals surface area contributed by atoms with E-state index in [0.717, 1.165) is 11.0 Å². The monoisotopic (exact) mass is 264 g/mol. The van der Waals surface area contributed by atoms with Crippen LogP contribution in [0.5, 0.6) is 0 Å². The Kier molecular flexibility index (Phi) is 3.11. The Morgan fingerprint density at radius 3 is 2.50 bits per heavy atom. The number of benzene rings is 2. The molecular weight excluding hydrogens is 248 g/mol. The summed E-state index contributed by atoms with van der Waals surface area (Å²) < 4.78 is 1.99. The van der Waals surface area contributed by atoms with Crippen LogP contribution in [0.1, 0.15) is 28.7 Å². The molecule has 0 aliphatic heterocycles. The molecule has 0 fully saturated rings. The van der Waals surface area contributed by atoms with Crippen molar-refractivity contribution in [2.24, 2.45) is 0 Å². The van der Waals surface area contributed by atoms with Crippen LogP contribution in [-0.2, 0) is 6.54 Å². The summed E-state index contributed by atoms with van der Waals surface area (Å²) in [6.07, 6.45) is 0. The summed E-state index contributed by atoms with van der Waals surface area (Å²) in [7, 11) is 0. The van der Waals surface area contributed by atoms with E-state index in [2.05, 4.69) is 36.2 Å². The molecule has 100 valence electrons. The fourth-order valence-corrected chi connectivity index (χ4v) is 2.38. The first-order valence-electron chi connectivity index (χ1n) is 6.67. The van der Waals surface area contributed by atoms with Crippen molar-refractivity contribution in [2.45, 2.75) is 20.4 Å². The maximum Gasteiger partial charge on any atom is 0.195 e. The fraction of sp³-hybridized carbons (Fsp3) is 0.176. The van der Waals surface area contributed by atoms with Crippen molar-refractivity contribution < 1.29 is 4.79 Å². The number of hydrogen-bond donors (Lipinski definition) is 0. The first-order valence-corrected chi connectivity index (χ1v) is 6.67. The Balaban J connectivity index is 2.11. The SMILES string of the molecule is CC(=O)c1nc2ccccc2n1Cc1ccc(C)cc1. The smallest absolute Gasteiger partial charge is 0.195 e. The number of hydrogen-bond acceptors (Lipinski definition) is 2. The average molecular weight is 264 g/mol. The van der Waals surface area contributed by atoms with Gasteiger partial charge in [0, 0.05) is 13.5 Å². The third-order valence-electron chi connectivity index (χ3n) is 3.43. The molecule has 1 aromatic heterocycles. The van der Waals surface area contributed by atoms with Crippen LogP contribution in [0.15, 0.2) is 48.5 Å². The van der Waals surface area contributed by atoms with E-state index in [1.165, 1.54) is 11.1 Å². The van der Waals surface area contributed by atoms with Gasteiger partial charge in [-0.3, -0.25) is 4.79 Å². The van der Waals surface area contributed by atoms with Gasteiger partial charge in [0.2, 0.25) is 0 Å². The van der Waals surface area contributed by atoms with E-state index < -0.39 is 0 Å². The first-order chi connectivity index (χ1) is 9.65. The number of imidazole rings is 1. The summed E-state index contributed by atoms with van der Waals surface area (Å²) in [5.41, 5.74) is 4.26. The minimum Gasteiger partial charge on any atom is -0.317 e. The highest BCUT2D eigenvalue weighted by Gasteiger charge is 2.13. The number of ketones is 1. The average Bonchev–Trinajstić information content (AvgIpc) is 2.81. The molecule has 0 radical (unpaired) electrons. The lowest BCUT2D eigenvalue weighted by Crippen LogP contribution is -2.08. The fourth-order valence-electron chi connectivity index (χ4n) is 2.38. The molecule has 0 amide bonds. The molecule has 0 atom stereocenters. The maximum atomic E-state index is 11.8. The van der Waals surface area contributed by atoms with E-state index >= 15 is 0 Å². The second-order valence-electron chi connectivity index (χ2n) is 5.05. The van der Waals surface area contributed by atoms with Crippen molar-refractivity contribution >= 4 is 16.8 Å². The Bertz CT molecular complexity index is 769. The molecule has 3 nitrogen and oxygen atoms in total. The molecule has 0 bridgehead atoms. The third kappa shape index (κ3) is 2.23. The summed E-state index contributed by atoms with van der Waals surface area (Å²) in [6, 6.07) is 16.2. The van der Waals surface area contributed by atoms with E-state index in [4.69, 9.17) is 0 Å². The number of carbonyl (C=O) groups excluding carboxylic acids is 1. The molecule has 3 aromatic rings. The van der Waals surface area contributed by atoms with Crippen molar-refractivity contribution in [2.75, 3.05) is 0 Å². The topological polar surface area (TPSA) is 34.9 Å². The molecule has 0 aliphatic rings. The first kappa shape index (κ1) is 12.6. The number of carbonyl (C=O) groups is 1. The number of fused-ring (bicyclic) bond motifs is 1. The number of para-hydroxylation sites is 2. The van der Waals surface area contributed by atoms with Gasteiger partial charge in [0.15, 0.2) is 11.6 Å². The zero-order valence-electron chi connectivity index (χ0n) is 11.6. The number of Topliss-reactive ketones (excluding diaryl/α,β-unsaturated/α-hetero) is 1. The molecule has 0 spiro atoms. The van der Waals surface area contributed by atoms with Gasteiger partial charge in [-0.25, -0.2) is 4.98 Å². The van der Waals surface area contributed by atoms with Crippen molar-refractivity contribution in [1.29, 1.82) is 0 Å². The number of nitrogens with zero attached hydrogens (tertiary/aromatic N) is 2. The zero-order valence-corrected chi connectivity index (χ0v) is 11.6. The van der Waals surface area contributed by atoms with Crippen molar-refractivity contribution in [3.05, 3.63) is 65.5 Å². The molecule has 3 rings (SSSR count). The van der Waals surface area contributed by atoms with Crippen LogP contribution >= 0.6 is 0 Å². The lowest BCUT2D eigenvalue weighted by molar-refractivity contribution is 0.100. The summed E-state index contributed by atoms with van der Waals surface area (Å²) in [4.78, 5) is 16.2. The molecule has 20 heavy (non-hydrogen) atoms. The van der Waals surface area contributed by atoms with Crippen LogP contribution in [0.3, 0.4) is 0 Å². The highest BCUT2D eigenvalue weighted by Crippen LogP contribution is 2.18. The molecule has 0 aliphatic carbocycles. The van der Waals surface area contributed by atoms with Gasteiger partial charge < -0.3 is 4.57 Å². The molecule has 0 saturated heterocycles. The van der Waals surface area contributed by atoms with Gasteiger partial charge >= 0.3 is 0 Å². The number of aryl methyl sites for hydroxylation is 1. The van der Waals surface area contributed by atoms with Gasteiger partial charge in [-0.05, 0) is 24.6 Å². The molecule has 1 heterocycles. The van der Waals surface area contributed by atoms with E-state index in [-0.39, 0.29) is 5.78 Å². The van der Waals surface area contributed by atoms with E-state index in [9.17, 15) is 4.79 Å². The zero-order chi connectivity index (χ0) is 14.1. The van der Waals surface area contributed by atoms with Crippen LogP contribution in [0.4, 0.5) is 0 Å². The lowest BCUT2D eigenvalue weighted by Gasteiger charge is -2.08. The Labute approximate surface area is 117 Å². The summed E-state index contributed by atoms with van der Waals surface area (Å²) in [5, 5.41) is 0. The highest BCUT2D eigenvalue weighted by molar-refractivity contribution is 5.94. The molecule has 0 N–H and O–H groups in total. The highest BCUT2D eigenvalue weighted by atomic mass is 16.1. The molecule has 0 saturated carbocycles. The van der Waals surface area contributed by atoms with Crippen LogP contribution in [0, 0.1) is 6.92 Å². The third-order valence-corrected chi connectivity index (χ3v) is 3.43. The normalized spacial score (nSPS) is 10.9. The molecule has 0 unspecified atom stereocenters. The van der Waals surface area contributed by atoms with Gasteiger partial charge in [-0.15, -0.1) is 0 Å². The second kappa shape index (κ2) is 4.93. The molecule has 2 aromatic carbocycles. The Hall–Kier alpha value is -2.42. The molecule has 3 heteroatoms. The Morgan fingerprint density at radius 2 is 1.80 bits per heavy atom. The quantitative estimate of drug-likeness (QED) is 0.677. The predicted molar refractivity (Wildman–Crippen MR) is 80.0 cm³/mol. The van der Waals surface area contributed by atoms with Gasteiger partial charge in [0.1, 0.15) is 0 Å². The van der Waals surface area contributed by atoms with Gasteiger partial charge in [-0.2, -0.15) is 0 Å². The standard InChI is InChI=1S/C17H16N2O/c1-12-7-9-14(10-8-12)11-19-16-6-4-3-5-15(16)18-17(19)13(2)20/h3-10H,11H2,1-2H3. The lowest BCUT2D eigenvalue weighted by atomic mass is 10.1. The van der Waals surface area contributed by atoms with Gasteiger partial charge in [0.05, 0.1) is 11.0 Å². The van der Waals surface area contributed by atoms with E-state index in [1.54, 1.807) is 6.92 Å². The van der Waals surface area contributed by atoms with Crippen LogP contribution < -0.4 is 0 Å². The maximum absolute atomic E-state index is 11.8. The minimum atomic E-state index is -0.00619. The summed E-state index contributed by atoms with van der Waals surface area (Å²) >= 11 is 0. The van der Waals surface area contributed by atoms with Crippen LogP contribution in [0.25, 0.3) is 11.0 Å². The summed E-state index contributed by atoms with van der Waals surface area (Å²) in [5.74, 6) is 0.514. The largest absolute Gasteiger partial charge is 0.317 e. The van der Waals surface area contributed by atoms with Gasteiger partial charge in [-0.1, -0.05) is 42.0 Å². The second-order valence-corrected chi connectivity index (χ2v) is 5.05. The van der Waals surface area contributed by atoms with Gasteiger partial charge in [0.25, 0.3) is 0 Å². The van der Waals surface area contributed by atoms with Crippen molar-refractivity contribution in [3.63, 3.8) is 0 Å². The molecular formula is C17H16N2O. The van der Waals surface area contributed by atoms with Crippen LogP contribution in [0.2, 0.25) is 0 Å². The van der Waals surface area contributed by atoms with E-state index in [1.807, 2.05) is 28.8 Å². The van der Waals surface area contributed by atoms with Crippen molar-refractivity contribution in [3.8, 4) is 0 Å². The van der Waals surface area contributed by atoms with E-state index in [0.29, 0.717) is 12.4 Å².